The number of para-hydroxylation sites is 2. The van der Waals surface area contributed by atoms with Crippen LogP contribution in [0.15, 0.2) is 65.3 Å². The Hall–Kier alpha value is -2.88. The Kier molecular flexibility index (Phi) is 3.28. The second-order valence-electron chi connectivity index (χ2n) is 4.75. The van der Waals surface area contributed by atoms with E-state index >= 15 is 0 Å². The maximum absolute atomic E-state index is 12.5. The lowest BCUT2D eigenvalue weighted by atomic mass is 10.1. The van der Waals surface area contributed by atoms with Crippen LogP contribution in [0.2, 0.25) is 0 Å². The topological polar surface area (TPSA) is 52.9 Å². The van der Waals surface area contributed by atoms with Crippen molar-refractivity contribution in [1.82, 2.24) is 0 Å². The molecule has 3 rings (SSSR count). The van der Waals surface area contributed by atoms with Crippen molar-refractivity contribution in [3.05, 3.63) is 65.7 Å². The average Bonchev–Trinajstić information content (AvgIpc) is 2.78. The Morgan fingerprint density at radius 1 is 1.05 bits per heavy atom. The van der Waals surface area contributed by atoms with Gasteiger partial charge in [-0.1, -0.05) is 36.4 Å². The summed E-state index contributed by atoms with van der Waals surface area (Å²) in [7, 11) is 0. The van der Waals surface area contributed by atoms with Crippen LogP contribution in [0.3, 0.4) is 0 Å². The molecule has 1 aliphatic rings. The lowest BCUT2D eigenvalue weighted by Crippen LogP contribution is -2.21. The highest BCUT2D eigenvalue weighted by Gasteiger charge is 2.28. The van der Waals surface area contributed by atoms with Crippen LogP contribution in [0.25, 0.3) is 6.08 Å². The van der Waals surface area contributed by atoms with Gasteiger partial charge in [-0.15, -0.1) is 0 Å². The van der Waals surface area contributed by atoms with Gasteiger partial charge in [-0.3, -0.25) is 4.79 Å². The van der Waals surface area contributed by atoms with E-state index < -0.39 is 0 Å². The van der Waals surface area contributed by atoms with Gasteiger partial charge in [0.1, 0.15) is 5.75 Å². The first-order valence-electron chi connectivity index (χ1n) is 6.61. The van der Waals surface area contributed by atoms with Crippen molar-refractivity contribution < 1.29 is 9.90 Å². The van der Waals surface area contributed by atoms with Crippen LogP contribution in [0.1, 0.15) is 12.5 Å². The van der Waals surface area contributed by atoms with Gasteiger partial charge in [-0.2, -0.15) is 10.1 Å². The Balaban J connectivity index is 1.98. The molecule has 0 atom stereocenters. The van der Waals surface area contributed by atoms with Gasteiger partial charge in [0.15, 0.2) is 0 Å². The number of anilines is 1. The van der Waals surface area contributed by atoms with Crippen LogP contribution < -0.4 is 5.01 Å². The third kappa shape index (κ3) is 2.43. The number of carbonyl (C=O) groups is 1. The maximum atomic E-state index is 12.5. The minimum absolute atomic E-state index is 0.142. The van der Waals surface area contributed by atoms with Crippen molar-refractivity contribution in [1.29, 1.82) is 0 Å². The van der Waals surface area contributed by atoms with Gasteiger partial charge >= 0.3 is 0 Å². The van der Waals surface area contributed by atoms with Gasteiger partial charge in [0.05, 0.1) is 17.0 Å². The molecule has 2 aromatic rings. The summed E-state index contributed by atoms with van der Waals surface area (Å²) < 4.78 is 0. The molecule has 0 saturated carbocycles. The molecule has 4 heteroatoms. The monoisotopic (exact) mass is 278 g/mol. The van der Waals surface area contributed by atoms with E-state index in [9.17, 15) is 9.90 Å². The quantitative estimate of drug-likeness (QED) is 0.858. The first-order valence-corrected chi connectivity index (χ1v) is 6.61. The summed E-state index contributed by atoms with van der Waals surface area (Å²) in [5, 5.41) is 15.5. The number of hydrogen-bond acceptors (Lipinski definition) is 3. The highest BCUT2D eigenvalue weighted by molar-refractivity contribution is 6.32. The zero-order chi connectivity index (χ0) is 14.8. The number of hydrogen-bond donors (Lipinski definition) is 1. The van der Waals surface area contributed by atoms with Crippen molar-refractivity contribution in [2.75, 3.05) is 5.01 Å². The largest absolute Gasteiger partial charge is 0.507 e. The molecule has 1 heterocycles. The summed E-state index contributed by atoms with van der Waals surface area (Å²) in [6, 6.07) is 16.2. The molecule has 0 unspecified atom stereocenters. The van der Waals surface area contributed by atoms with Crippen molar-refractivity contribution in [3.63, 3.8) is 0 Å². The Morgan fingerprint density at radius 2 is 1.71 bits per heavy atom. The number of nitrogens with zero attached hydrogens (tertiary/aromatic N) is 2. The smallest absolute Gasteiger partial charge is 0.280 e. The molecule has 1 aliphatic heterocycles. The molecular formula is C17H14N2O2. The van der Waals surface area contributed by atoms with E-state index in [0.717, 1.165) is 5.69 Å². The van der Waals surface area contributed by atoms with Gasteiger partial charge in [0.25, 0.3) is 5.91 Å². The zero-order valence-electron chi connectivity index (χ0n) is 11.5. The average molecular weight is 278 g/mol. The summed E-state index contributed by atoms with van der Waals surface area (Å²) in [6.07, 6.45) is 1.67. The van der Waals surface area contributed by atoms with Crippen molar-refractivity contribution in [2.24, 2.45) is 5.10 Å². The first-order chi connectivity index (χ1) is 10.2. The highest BCUT2D eigenvalue weighted by atomic mass is 16.3. The molecule has 1 amide bonds. The van der Waals surface area contributed by atoms with Crippen LogP contribution >= 0.6 is 0 Å². The molecule has 4 nitrogen and oxygen atoms in total. The molecule has 0 aliphatic carbocycles. The number of rotatable bonds is 2. The van der Waals surface area contributed by atoms with Crippen molar-refractivity contribution in [3.8, 4) is 5.75 Å². The number of hydrazone groups is 1. The minimum Gasteiger partial charge on any atom is -0.507 e. The Bertz CT molecular complexity index is 748. The van der Waals surface area contributed by atoms with Crippen LogP contribution in [0, 0.1) is 0 Å². The van der Waals surface area contributed by atoms with Crippen molar-refractivity contribution >= 4 is 23.4 Å². The third-order valence-electron chi connectivity index (χ3n) is 3.30. The van der Waals surface area contributed by atoms with Crippen LogP contribution in [0.4, 0.5) is 5.69 Å². The van der Waals surface area contributed by atoms with Gasteiger partial charge in [-0.25, -0.2) is 0 Å². The van der Waals surface area contributed by atoms with Gasteiger partial charge < -0.3 is 5.11 Å². The molecule has 0 bridgehead atoms. The minimum atomic E-state index is -0.193. The van der Waals surface area contributed by atoms with E-state index in [4.69, 9.17) is 0 Å². The lowest BCUT2D eigenvalue weighted by molar-refractivity contribution is -0.114. The fourth-order valence-electron chi connectivity index (χ4n) is 2.19. The summed E-state index contributed by atoms with van der Waals surface area (Å²) in [5.41, 5.74) is 2.44. The number of phenolic OH excluding ortho intramolecular Hbond substituents is 1. The summed E-state index contributed by atoms with van der Waals surface area (Å²) in [5.74, 6) is -0.0503. The van der Waals surface area contributed by atoms with Crippen LogP contribution in [0.5, 0.6) is 5.75 Å². The number of phenols is 1. The second-order valence-corrected chi connectivity index (χ2v) is 4.75. The molecule has 104 valence electrons. The van der Waals surface area contributed by atoms with Crippen molar-refractivity contribution in [2.45, 2.75) is 6.92 Å². The molecule has 0 radical (unpaired) electrons. The zero-order valence-corrected chi connectivity index (χ0v) is 11.5. The SMILES string of the molecule is CC1=NN(c2ccccc2)C(=O)C1=Cc1ccccc1O. The predicted octanol–water partition coefficient (Wildman–Crippen LogP) is 3.20. The van der Waals surface area contributed by atoms with E-state index in [1.807, 2.05) is 36.4 Å². The standard InChI is InChI=1S/C17H14N2O2/c1-12-15(11-13-7-5-6-10-16(13)20)17(21)19(18-12)14-8-3-2-4-9-14/h2-11,20H,1H3. The van der Waals surface area contributed by atoms with E-state index in [-0.39, 0.29) is 11.7 Å². The molecule has 1 N–H and O–H groups in total. The maximum Gasteiger partial charge on any atom is 0.280 e. The molecule has 0 spiro atoms. The molecule has 2 aromatic carbocycles. The van der Waals surface area contributed by atoms with Gasteiger partial charge in [-0.05, 0) is 31.2 Å². The predicted molar refractivity (Wildman–Crippen MR) is 83.1 cm³/mol. The van der Waals surface area contributed by atoms with Crippen LogP contribution in [-0.4, -0.2) is 16.7 Å². The van der Waals surface area contributed by atoms with E-state index in [1.54, 1.807) is 31.2 Å². The fourth-order valence-corrected chi connectivity index (χ4v) is 2.19. The number of amides is 1. The molecule has 0 saturated heterocycles. The van der Waals surface area contributed by atoms with Gasteiger partial charge in [0.2, 0.25) is 0 Å². The first kappa shape index (κ1) is 13.1. The molecular weight excluding hydrogens is 264 g/mol. The third-order valence-corrected chi connectivity index (χ3v) is 3.30. The van der Waals surface area contributed by atoms with E-state index in [2.05, 4.69) is 5.10 Å². The normalized spacial score (nSPS) is 16.4. The Labute approximate surface area is 122 Å². The molecule has 0 aromatic heterocycles. The number of aromatic hydroxyl groups is 1. The highest BCUT2D eigenvalue weighted by Crippen LogP contribution is 2.26. The molecule has 21 heavy (non-hydrogen) atoms. The fraction of sp³-hybridized carbons (Fsp3) is 0.0588. The summed E-state index contributed by atoms with van der Waals surface area (Å²) in [4.78, 5) is 12.5. The second kappa shape index (κ2) is 5.25. The Morgan fingerprint density at radius 3 is 2.43 bits per heavy atom. The summed E-state index contributed by atoms with van der Waals surface area (Å²) >= 11 is 0. The molecule has 0 fully saturated rings. The van der Waals surface area contributed by atoms with E-state index in [1.165, 1.54) is 5.01 Å². The number of carbonyl (C=O) groups excluding carboxylic acids is 1. The number of benzene rings is 2. The van der Waals surface area contributed by atoms with E-state index in [0.29, 0.717) is 16.8 Å². The summed E-state index contributed by atoms with van der Waals surface area (Å²) in [6.45, 7) is 1.78. The van der Waals surface area contributed by atoms with Crippen LogP contribution in [-0.2, 0) is 4.79 Å². The lowest BCUT2D eigenvalue weighted by Gasteiger charge is -2.11. The van der Waals surface area contributed by atoms with Gasteiger partial charge in [0, 0.05) is 5.56 Å².